The second-order valence-electron chi connectivity index (χ2n) is 4.09. The van der Waals surface area contributed by atoms with E-state index < -0.39 is 0 Å². The highest BCUT2D eigenvalue weighted by atomic mass is 32.1. The van der Waals surface area contributed by atoms with Gasteiger partial charge in [0.15, 0.2) is 0 Å². The Morgan fingerprint density at radius 1 is 1.65 bits per heavy atom. The summed E-state index contributed by atoms with van der Waals surface area (Å²) in [5, 5.41) is 2.83. The number of amides is 1. The number of nitrogens with zero attached hydrogens (tertiary/aromatic N) is 1. The van der Waals surface area contributed by atoms with Crippen LogP contribution < -0.4 is 11.1 Å². The van der Waals surface area contributed by atoms with E-state index in [2.05, 4.69) is 10.2 Å². The first-order chi connectivity index (χ1) is 8.15. The fraction of sp³-hybridized carbons (Fsp3) is 0.818. The summed E-state index contributed by atoms with van der Waals surface area (Å²) in [6.45, 7) is 5.35. The molecule has 1 amide bonds. The van der Waals surface area contributed by atoms with E-state index in [4.69, 9.17) is 22.7 Å². The predicted octanol–water partition coefficient (Wildman–Crippen LogP) is -0.110. The van der Waals surface area contributed by atoms with Crippen molar-refractivity contribution < 1.29 is 9.53 Å². The lowest BCUT2D eigenvalue weighted by Crippen LogP contribution is -2.54. The largest absolute Gasteiger partial charge is 0.393 e. The quantitative estimate of drug-likeness (QED) is 0.652. The molecular formula is C11H21N3O2S. The van der Waals surface area contributed by atoms with Gasteiger partial charge in [0.25, 0.3) is 0 Å². The highest BCUT2D eigenvalue weighted by Crippen LogP contribution is 2.08. The van der Waals surface area contributed by atoms with Crippen molar-refractivity contribution in [1.29, 1.82) is 0 Å². The molecule has 0 aromatic heterocycles. The van der Waals surface area contributed by atoms with E-state index in [1.165, 1.54) is 0 Å². The maximum atomic E-state index is 11.8. The minimum Gasteiger partial charge on any atom is -0.393 e. The third-order valence-electron chi connectivity index (χ3n) is 2.76. The van der Waals surface area contributed by atoms with Crippen molar-refractivity contribution in [3.8, 4) is 0 Å². The summed E-state index contributed by atoms with van der Waals surface area (Å²) in [5.74, 6) is 0.0440. The molecule has 5 nitrogen and oxygen atoms in total. The van der Waals surface area contributed by atoms with Gasteiger partial charge in [-0.1, -0.05) is 12.2 Å². The van der Waals surface area contributed by atoms with Gasteiger partial charge in [0, 0.05) is 13.1 Å². The molecule has 98 valence electrons. The van der Waals surface area contributed by atoms with Crippen molar-refractivity contribution in [3.63, 3.8) is 0 Å². The number of nitrogens with one attached hydrogen (secondary N) is 1. The van der Waals surface area contributed by atoms with Crippen LogP contribution in [-0.4, -0.2) is 54.7 Å². The molecule has 1 saturated heterocycles. The van der Waals surface area contributed by atoms with Gasteiger partial charge in [-0.3, -0.25) is 9.69 Å². The average Bonchev–Trinajstić information content (AvgIpc) is 2.29. The first kappa shape index (κ1) is 14.3. The summed E-state index contributed by atoms with van der Waals surface area (Å²) in [5.41, 5.74) is 5.46. The Morgan fingerprint density at radius 2 is 2.41 bits per heavy atom. The van der Waals surface area contributed by atoms with Crippen LogP contribution in [0.3, 0.4) is 0 Å². The van der Waals surface area contributed by atoms with E-state index in [9.17, 15) is 4.79 Å². The molecule has 1 aliphatic rings. The first-order valence-corrected chi connectivity index (χ1v) is 6.43. The Balaban J connectivity index is 2.42. The molecule has 3 N–H and O–H groups in total. The van der Waals surface area contributed by atoms with E-state index in [1.807, 2.05) is 6.92 Å². The summed E-state index contributed by atoms with van der Waals surface area (Å²) in [6.07, 6.45) is 1.63. The number of likely N-dealkylation sites (N-methyl/N-ethyl adjacent to an activating group) is 1. The molecule has 1 atom stereocenters. The molecule has 0 radical (unpaired) electrons. The topological polar surface area (TPSA) is 67.6 Å². The number of carbonyl (C=O) groups excluding carboxylic acids is 1. The Bertz CT molecular complexity index is 273. The third-order valence-corrected chi connectivity index (χ3v) is 2.97. The van der Waals surface area contributed by atoms with Crippen LogP contribution in [0.15, 0.2) is 0 Å². The monoisotopic (exact) mass is 259 g/mol. The third kappa shape index (κ3) is 4.97. The number of hydrogen-bond donors (Lipinski definition) is 2. The molecule has 1 heterocycles. The molecule has 0 bridgehead atoms. The predicted molar refractivity (Wildman–Crippen MR) is 70.9 cm³/mol. The lowest BCUT2D eigenvalue weighted by atomic mass is 10.2. The van der Waals surface area contributed by atoms with Crippen molar-refractivity contribution in [1.82, 2.24) is 10.2 Å². The Morgan fingerprint density at radius 3 is 3.06 bits per heavy atom. The first-order valence-electron chi connectivity index (χ1n) is 6.03. The molecule has 0 saturated carbocycles. The molecule has 0 aromatic carbocycles. The molecule has 1 fully saturated rings. The smallest absolute Gasteiger partial charge is 0.239 e. The maximum Gasteiger partial charge on any atom is 0.239 e. The number of ether oxygens (including phenoxy) is 1. The van der Waals surface area contributed by atoms with Crippen molar-refractivity contribution in [2.45, 2.75) is 25.8 Å². The van der Waals surface area contributed by atoms with Crippen LogP contribution >= 0.6 is 12.2 Å². The van der Waals surface area contributed by atoms with Gasteiger partial charge >= 0.3 is 0 Å². The highest BCUT2D eigenvalue weighted by Gasteiger charge is 2.28. The van der Waals surface area contributed by atoms with Crippen LogP contribution in [-0.2, 0) is 9.53 Å². The molecule has 17 heavy (non-hydrogen) atoms. The van der Waals surface area contributed by atoms with Crippen LogP contribution in [0.1, 0.15) is 19.8 Å². The maximum absolute atomic E-state index is 11.8. The number of hydrogen-bond acceptors (Lipinski definition) is 4. The van der Waals surface area contributed by atoms with Gasteiger partial charge in [-0.2, -0.15) is 0 Å². The Hall–Kier alpha value is -0.720. The molecule has 1 rings (SSSR count). The summed E-state index contributed by atoms with van der Waals surface area (Å²) in [6, 6.07) is -0.171. The zero-order chi connectivity index (χ0) is 12.7. The van der Waals surface area contributed by atoms with Crippen LogP contribution in [0, 0.1) is 0 Å². The zero-order valence-corrected chi connectivity index (χ0v) is 11.1. The van der Waals surface area contributed by atoms with Gasteiger partial charge in [-0.25, -0.2) is 0 Å². The summed E-state index contributed by atoms with van der Waals surface area (Å²) in [7, 11) is 0. The zero-order valence-electron chi connectivity index (χ0n) is 10.3. The SMILES string of the molecule is CCNC(=O)C1COCCN1CCCC(N)=S. The van der Waals surface area contributed by atoms with Crippen LogP contribution in [0.5, 0.6) is 0 Å². The molecule has 0 aliphatic carbocycles. The summed E-state index contributed by atoms with van der Waals surface area (Å²) in [4.78, 5) is 14.5. The summed E-state index contributed by atoms with van der Waals surface area (Å²) >= 11 is 4.84. The molecule has 1 unspecified atom stereocenters. The molecule has 0 spiro atoms. The molecule has 1 aliphatic heterocycles. The van der Waals surface area contributed by atoms with Crippen molar-refractivity contribution in [2.75, 3.05) is 32.8 Å². The number of carbonyl (C=O) groups is 1. The van der Waals surface area contributed by atoms with Crippen molar-refractivity contribution in [3.05, 3.63) is 0 Å². The molecular weight excluding hydrogens is 238 g/mol. The standard InChI is InChI=1S/C11H21N3O2S/c1-2-13-11(15)9-8-16-7-6-14(9)5-3-4-10(12)17/h9H,2-8H2,1H3,(H2,12,17)(H,13,15). The number of nitrogens with two attached hydrogens (primary N) is 1. The molecule has 6 heteroatoms. The van der Waals surface area contributed by atoms with E-state index in [0.29, 0.717) is 24.7 Å². The molecule has 0 aromatic rings. The van der Waals surface area contributed by atoms with Gasteiger partial charge in [-0.15, -0.1) is 0 Å². The van der Waals surface area contributed by atoms with Crippen molar-refractivity contribution in [2.24, 2.45) is 5.73 Å². The van der Waals surface area contributed by atoms with Gasteiger partial charge < -0.3 is 15.8 Å². The van der Waals surface area contributed by atoms with Gasteiger partial charge in [0.05, 0.1) is 18.2 Å². The van der Waals surface area contributed by atoms with E-state index >= 15 is 0 Å². The van der Waals surface area contributed by atoms with Crippen LogP contribution in [0.25, 0.3) is 0 Å². The van der Waals surface area contributed by atoms with Crippen LogP contribution in [0.4, 0.5) is 0 Å². The lowest BCUT2D eigenvalue weighted by molar-refractivity contribution is -0.132. The van der Waals surface area contributed by atoms with E-state index in [-0.39, 0.29) is 11.9 Å². The minimum absolute atomic E-state index is 0.0440. The average molecular weight is 259 g/mol. The minimum atomic E-state index is -0.171. The Kier molecular flexibility index (Phi) is 6.39. The number of rotatable bonds is 6. The lowest BCUT2D eigenvalue weighted by Gasteiger charge is -2.34. The van der Waals surface area contributed by atoms with E-state index in [0.717, 1.165) is 25.9 Å². The Labute approximate surface area is 108 Å². The summed E-state index contributed by atoms with van der Waals surface area (Å²) < 4.78 is 5.35. The number of morpholine rings is 1. The van der Waals surface area contributed by atoms with Gasteiger partial charge in [-0.05, 0) is 26.3 Å². The fourth-order valence-electron chi connectivity index (χ4n) is 1.90. The fourth-order valence-corrected chi connectivity index (χ4v) is 2.04. The number of thiocarbonyl (C=S) groups is 1. The normalized spacial score (nSPS) is 21.1. The second-order valence-corrected chi connectivity index (χ2v) is 4.62. The van der Waals surface area contributed by atoms with Gasteiger partial charge in [0.2, 0.25) is 5.91 Å². The second kappa shape index (κ2) is 7.58. The highest BCUT2D eigenvalue weighted by molar-refractivity contribution is 7.80. The van der Waals surface area contributed by atoms with Gasteiger partial charge in [0.1, 0.15) is 6.04 Å². The van der Waals surface area contributed by atoms with E-state index in [1.54, 1.807) is 0 Å². The van der Waals surface area contributed by atoms with Crippen molar-refractivity contribution >= 4 is 23.1 Å². The van der Waals surface area contributed by atoms with Crippen LogP contribution in [0.2, 0.25) is 0 Å².